The number of sulfonamides is 1. The molecule has 0 aliphatic heterocycles. The van der Waals surface area contributed by atoms with E-state index in [2.05, 4.69) is 9.71 Å². The Morgan fingerprint density at radius 1 is 1.53 bits per heavy atom. The highest BCUT2D eigenvalue weighted by atomic mass is 32.2. The van der Waals surface area contributed by atoms with Crippen molar-refractivity contribution in [1.82, 2.24) is 9.71 Å². The first-order valence-electron chi connectivity index (χ1n) is 4.37. The van der Waals surface area contributed by atoms with Crippen LogP contribution in [0.15, 0.2) is 24.5 Å². The molecule has 0 unspecified atom stereocenters. The van der Waals surface area contributed by atoms with Crippen LogP contribution in [0.4, 0.5) is 0 Å². The summed E-state index contributed by atoms with van der Waals surface area (Å²) < 4.78 is 24.5. The minimum atomic E-state index is -3.43. The van der Waals surface area contributed by atoms with E-state index in [1.165, 1.54) is 0 Å². The number of aromatic nitrogens is 1. The Morgan fingerprint density at radius 2 is 2.33 bits per heavy atom. The standard InChI is InChI=1S/C9H11N3O2S/c10-4-7-15(13,14)12-6-3-9-2-1-5-11-8-9/h1-2,5,8,12H,3,6-7H2. The van der Waals surface area contributed by atoms with Gasteiger partial charge in [0.2, 0.25) is 10.0 Å². The average Bonchev–Trinajstić information content (AvgIpc) is 2.19. The van der Waals surface area contributed by atoms with Gasteiger partial charge in [-0.25, -0.2) is 13.1 Å². The summed E-state index contributed by atoms with van der Waals surface area (Å²) in [6.07, 6.45) is 3.90. The van der Waals surface area contributed by atoms with Crippen LogP contribution in [0.25, 0.3) is 0 Å². The van der Waals surface area contributed by atoms with Gasteiger partial charge in [-0.05, 0) is 18.1 Å². The van der Waals surface area contributed by atoms with Crippen LogP contribution >= 0.6 is 0 Å². The molecule has 0 saturated carbocycles. The normalized spacial score (nSPS) is 10.9. The molecule has 0 fully saturated rings. The molecule has 0 aromatic carbocycles. The summed E-state index contributed by atoms with van der Waals surface area (Å²) in [6, 6.07) is 5.25. The van der Waals surface area contributed by atoms with Gasteiger partial charge in [0, 0.05) is 18.9 Å². The summed E-state index contributed by atoms with van der Waals surface area (Å²) in [5.74, 6) is -0.500. The van der Waals surface area contributed by atoms with Gasteiger partial charge in [-0.1, -0.05) is 6.07 Å². The second kappa shape index (κ2) is 5.44. The smallest absolute Gasteiger partial charge is 0.225 e. The molecule has 1 N–H and O–H groups in total. The fourth-order valence-corrected chi connectivity index (χ4v) is 1.72. The first kappa shape index (κ1) is 11.6. The van der Waals surface area contributed by atoms with Crippen LogP contribution in [0.3, 0.4) is 0 Å². The van der Waals surface area contributed by atoms with E-state index in [9.17, 15) is 8.42 Å². The molecule has 15 heavy (non-hydrogen) atoms. The van der Waals surface area contributed by atoms with Crippen LogP contribution < -0.4 is 4.72 Å². The first-order valence-corrected chi connectivity index (χ1v) is 6.02. The van der Waals surface area contributed by atoms with E-state index >= 15 is 0 Å². The molecule has 0 aliphatic rings. The van der Waals surface area contributed by atoms with Crippen LogP contribution in [0.5, 0.6) is 0 Å². The third kappa shape index (κ3) is 4.54. The van der Waals surface area contributed by atoms with Crippen LogP contribution in [0.1, 0.15) is 5.56 Å². The van der Waals surface area contributed by atoms with E-state index in [1.807, 2.05) is 6.07 Å². The molecule has 80 valence electrons. The minimum absolute atomic E-state index is 0.287. The lowest BCUT2D eigenvalue weighted by atomic mass is 10.2. The Kier molecular flexibility index (Phi) is 4.21. The second-order valence-electron chi connectivity index (χ2n) is 2.92. The summed E-state index contributed by atoms with van der Waals surface area (Å²) in [5.41, 5.74) is 0.956. The van der Waals surface area contributed by atoms with Gasteiger partial charge in [0.25, 0.3) is 0 Å². The predicted octanol–water partition coefficient (Wildman–Crippen LogP) is 0.0671. The average molecular weight is 225 g/mol. The number of rotatable bonds is 5. The molecule has 0 amide bonds. The number of nitrogens with zero attached hydrogens (tertiary/aromatic N) is 2. The quantitative estimate of drug-likeness (QED) is 0.768. The molecule has 6 heteroatoms. The summed E-state index contributed by atoms with van der Waals surface area (Å²) >= 11 is 0. The molecule has 1 aromatic heterocycles. The Labute approximate surface area is 88.8 Å². The number of hydrogen-bond acceptors (Lipinski definition) is 4. The second-order valence-corrected chi connectivity index (χ2v) is 4.73. The lowest BCUT2D eigenvalue weighted by molar-refractivity contribution is 0.585. The van der Waals surface area contributed by atoms with E-state index in [1.54, 1.807) is 24.5 Å². The lowest BCUT2D eigenvalue weighted by Crippen LogP contribution is -2.27. The zero-order valence-electron chi connectivity index (χ0n) is 8.05. The van der Waals surface area contributed by atoms with Gasteiger partial charge in [-0.2, -0.15) is 5.26 Å². The Balaban J connectivity index is 2.38. The highest BCUT2D eigenvalue weighted by molar-refractivity contribution is 7.89. The first-order chi connectivity index (χ1) is 7.14. The van der Waals surface area contributed by atoms with Gasteiger partial charge < -0.3 is 0 Å². The molecule has 0 bridgehead atoms. The van der Waals surface area contributed by atoms with E-state index in [0.717, 1.165) is 5.56 Å². The molecule has 0 atom stereocenters. The van der Waals surface area contributed by atoms with Gasteiger partial charge in [0.1, 0.15) is 0 Å². The van der Waals surface area contributed by atoms with Gasteiger partial charge in [0.05, 0.1) is 6.07 Å². The van der Waals surface area contributed by atoms with Crippen LogP contribution in [0, 0.1) is 11.3 Å². The van der Waals surface area contributed by atoms with E-state index < -0.39 is 15.8 Å². The van der Waals surface area contributed by atoms with Crippen molar-refractivity contribution in [3.8, 4) is 6.07 Å². The summed E-state index contributed by atoms with van der Waals surface area (Å²) in [7, 11) is -3.43. The SMILES string of the molecule is N#CCS(=O)(=O)NCCc1cccnc1. The van der Waals surface area contributed by atoms with Crippen molar-refractivity contribution in [2.75, 3.05) is 12.3 Å². The Bertz CT molecular complexity index is 436. The molecule has 0 aliphatic carbocycles. The Morgan fingerprint density at radius 3 is 2.93 bits per heavy atom. The molecule has 1 rings (SSSR count). The van der Waals surface area contributed by atoms with Gasteiger partial charge in [-0.3, -0.25) is 4.98 Å². The fraction of sp³-hybridized carbons (Fsp3) is 0.333. The predicted molar refractivity (Wildman–Crippen MR) is 55.3 cm³/mol. The maximum absolute atomic E-state index is 11.1. The third-order valence-corrected chi connectivity index (χ3v) is 2.87. The molecular weight excluding hydrogens is 214 g/mol. The number of nitrogens with one attached hydrogen (secondary N) is 1. The van der Waals surface area contributed by atoms with Crippen LogP contribution in [-0.4, -0.2) is 25.7 Å². The molecule has 5 nitrogen and oxygen atoms in total. The minimum Gasteiger partial charge on any atom is -0.264 e. The van der Waals surface area contributed by atoms with E-state index in [-0.39, 0.29) is 6.54 Å². The molecule has 0 radical (unpaired) electrons. The van der Waals surface area contributed by atoms with Crippen molar-refractivity contribution in [3.05, 3.63) is 30.1 Å². The van der Waals surface area contributed by atoms with Crippen LogP contribution in [-0.2, 0) is 16.4 Å². The van der Waals surface area contributed by atoms with Crippen molar-refractivity contribution in [2.24, 2.45) is 0 Å². The zero-order chi connectivity index (χ0) is 11.1. The molecule has 1 heterocycles. The monoisotopic (exact) mass is 225 g/mol. The fourth-order valence-electron chi connectivity index (χ4n) is 1.03. The van der Waals surface area contributed by atoms with Crippen molar-refractivity contribution >= 4 is 10.0 Å². The molecule has 0 spiro atoms. The maximum Gasteiger partial charge on any atom is 0.225 e. The van der Waals surface area contributed by atoms with Crippen molar-refractivity contribution in [1.29, 1.82) is 5.26 Å². The Hall–Kier alpha value is -1.45. The lowest BCUT2D eigenvalue weighted by Gasteiger charge is -2.02. The van der Waals surface area contributed by atoms with Crippen molar-refractivity contribution < 1.29 is 8.42 Å². The molecule has 0 saturated heterocycles. The van der Waals surface area contributed by atoms with Gasteiger partial charge >= 0.3 is 0 Å². The van der Waals surface area contributed by atoms with Gasteiger partial charge in [-0.15, -0.1) is 0 Å². The zero-order valence-corrected chi connectivity index (χ0v) is 8.87. The molecule has 1 aromatic rings. The van der Waals surface area contributed by atoms with E-state index in [0.29, 0.717) is 6.42 Å². The highest BCUT2D eigenvalue weighted by Crippen LogP contribution is 1.96. The number of nitriles is 1. The molecular formula is C9H11N3O2S. The van der Waals surface area contributed by atoms with Gasteiger partial charge in [0.15, 0.2) is 5.75 Å². The summed E-state index contributed by atoms with van der Waals surface area (Å²) in [5, 5.41) is 8.24. The number of hydrogen-bond donors (Lipinski definition) is 1. The summed E-state index contributed by atoms with van der Waals surface area (Å²) in [6.45, 7) is 0.287. The largest absolute Gasteiger partial charge is 0.264 e. The van der Waals surface area contributed by atoms with Crippen molar-refractivity contribution in [2.45, 2.75) is 6.42 Å². The topological polar surface area (TPSA) is 82.8 Å². The maximum atomic E-state index is 11.1. The highest BCUT2D eigenvalue weighted by Gasteiger charge is 2.07. The van der Waals surface area contributed by atoms with E-state index in [4.69, 9.17) is 5.26 Å². The third-order valence-electron chi connectivity index (χ3n) is 1.71. The number of pyridine rings is 1. The van der Waals surface area contributed by atoms with Crippen molar-refractivity contribution in [3.63, 3.8) is 0 Å². The van der Waals surface area contributed by atoms with Crippen LogP contribution in [0.2, 0.25) is 0 Å². The summed E-state index contributed by atoms with van der Waals surface area (Å²) in [4.78, 5) is 3.91.